The summed E-state index contributed by atoms with van der Waals surface area (Å²) in [6.45, 7) is 0.588. The van der Waals surface area contributed by atoms with E-state index >= 15 is 0 Å². The van der Waals surface area contributed by atoms with Gasteiger partial charge < -0.3 is 4.74 Å². The molecule has 2 aromatic carbocycles. The number of thiocarbonyl (C=S) groups is 1. The summed E-state index contributed by atoms with van der Waals surface area (Å²) in [5, 5.41) is 0.875. The average Bonchev–Trinajstić information content (AvgIpc) is 2.90. The van der Waals surface area contributed by atoms with Crippen molar-refractivity contribution in [2.45, 2.75) is 12.8 Å². The number of nitrogens with zero attached hydrogens (tertiary/aromatic N) is 1. The van der Waals surface area contributed by atoms with Gasteiger partial charge in [-0.3, -0.25) is 9.69 Å². The molecule has 0 aromatic heterocycles. The number of hydrogen-bond donors (Lipinski definition) is 0. The summed E-state index contributed by atoms with van der Waals surface area (Å²) in [4.78, 5) is 15.0. The Morgan fingerprint density at radius 1 is 1.22 bits per heavy atom. The number of amides is 1. The summed E-state index contributed by atoms with van der Waals surface area (Å²) in [5.41, 5.74) is 1.90. The fourth-order valence-corrected chi connectivity index (χ4v) is 4.71. The maximum absolute atomic E-state index is 12.8. The molecular weight excluding hydrogens is 421 g/mol. The van der Waals surface area contributed by atoms with Crippen LogP contribution >= 0.6 is 47.2 Å². The first-order valence-electron chi connectivity index (χ1n) is 8.32. The molecule has 2 aromatic rings. The molecule has 1 aliphatic rings. The van der Waals surface area contributed by atoms with Crippen molar-refractivity contribution in [1.82, 2.24) is 4.90 Å². The highest BCUT2D eigenvalue weighted by Crippen LogP contribution is 2.38. The Hall–Kier alpha value is -1.53. The van der Waals surface area contributed by atoms with Crippen molar-refractivity contribution in [3.8, 4) is 5.75 Å². The van der Waals surface area contributed by atoms with E-state index in [4.69, 9.17) is 40.2 Å². The highest BCUT2D eigenvalue weighted by Gasteiger charge is 2.31. The van der Waals surface area contributed by atoms with Crippen molar-refractivity contribution in [1.29, 1.82) is 0 Å². The molecule has 1 amide bonds. The van der Waals surface area contributed by atoms with E-state index in [1.807, 2.05) is 18.2 Å². The SMILES string of the molecule is COc1c(Cl)cc(Cl)cc1/C=C1\SC(=S)N(CCCc2ccccc2)C1=O. The zero-order valence-corrected chi connectivity index (χ0v) is 17.7. The minimum atomic E-state index is -0.101. The summed E-state index contributed by atoms with van der Waals surface area (Å²) in [6.07, 6.45) is 3.47. The van der Waals surface area contributed by atoms with Gasteiger partial charge in [0.15, 0.2) is 0 Å². The molecule has 3 rings (SSSR count). The Kier molecular flexibility index (Phi) is 6.82. The van der Waals surface area contributed by atoms with Gasteiger partial charge in [0.25, 0.3) is 5.91 Å². The van der Waals surface area contributed by atoms with Crippen molar-refractivity contribution in [3.05, 3.63) is 68.5 Å². The van der Waals surface area contributed by atoms with E-state index in [2.05, 4.69) is 12.1 Å². The number of carbonyl (C=O) groups is 1. The molecule has 0 spiro atoms. The minimum Gasteiger partial charge on any atom is -0.495 e. The number of halogens is 2. The third-order valence-electron chi connectivity index (χ3n) is 4.09. The van der Waals surface area contributed by atoms with Crippen LogP contribution in [0.2, 0.25) is 10.0 Å². The van der Waals surface area contributed by atoms with Gasteiger partial charge in [0.1, 0.15) is 10.1 Å². The predicted molar refractivity (Wildman–Crippen MR) is 118 cm³/mol. The number of thioether (sulfide) groups is 1. The van der Waals surface area contributed by atoms with Crippen LogP contribution in [0.25, 0.3) is 6.08 Å². The second kappa shape index (κ2) is 9.11. The number of ether oxygens (including phenoxy) is 1. The third kappa shape index (κ3) is 4.85. The molecule has 0 saturated carbocycles. The second-order valence-electron chi connectivity index (χ2n) is 5.93. The lowest BCUT2D eigenvalue weighted by molar-refractivity contribution is -0.122. The van der Waals surface area contributed by atoms with Crippen LogP contribution in [0.15, 0.2) is 47.4 Å². The molecule has 0 N–H and O–H groups in total. The van der Waals surface area contributed by atoms with Gasteiger partial charge in [0, 0.05) is 17.1 Å². The first-order chi connectivity index (χ1) is 13.0. The monoisotopic (exact) mass is 437 g/mol. The highest BCUT2D eigenvalue weighted by atomic mass is 35.5. The molecule has 1 fully saturated rings. The van der Waals surface area contributed by atoms with Crippen LogP contribution in [0.4, 0.5) is 0 Å². The molecule has 0 bridgehead atoms. The van der Waals surface area contributed by atoms with Gasteiger partial charge >= 0.3 is 0 Å². The number of hydrogen-bond acceptors (Lipinski definition) is 4. The molecule has 27 heavy (non-hydrogen) atoms. The van der Waals surface area contributed by atoms with Crippen molar-refractivity contribution < 1.29 is 9.53 Å². The molecule has 0 unspecified atom stereocenters. The largest absolute Gasteiger partial charge is 0.495 e. The van der Waals surface area contributed by atoms with Crippen molar-refractivity contribution in [2.24, 2.45) is 0 Å². The normalized spacial score (nSPS) is 15.7. The molecule has 1 heterocycles. The number of carbonyl (C=O) groups excluding carboxylic acids is 1. The molecule has 7 heteroatoms. The van der Waals surface area contributed by atoms with Crippen LogP contribution in [0.5, 0.6) is 5.75 Å². The van der Waals surface area contributed by atoms with Gasteiger partial charge in [-0.2, -0.15) is 0 Å². The molecule has 1 saturated heterocycles. The Balaban J connectivity index is 1.73. The number of rotatable bonds is 6. The minimum absolute atomic E-state index is 0.101. The van der Waals surface area contributed by atoms with Crippen LogP contribution in [-0.4, -0.2) is 28.8 Å². The fourth-order valence-electron chi connectivity index (χ4n) is 2.82. The van der Waals surface area contributed by atoms with Crippen molar-refractivity contribution in [2.75, 3.05) is 13.7 Å². The number of methoxy groups -OCH3 is 1. The van der Waals surface area contributed by atoms with Crippen LogP contribution in [0.1, 0.15) is 17.5 Å². The van der Waals surface area contributed by atoms with E-state index in [1.165, 1.54) is 24.4 Å². The molecule has 3 nitrogen and oxygen atoms in total. The van der Waals surface area contributed by atoms with Crippen LogP contribution in [-0.2, 0) is 11.2 Å². The lowest BCUT2D eigenvalue weighted by Gasteiger charge is -2.14. The molecule has 0 aliphatic carbocycles. The maximum atomic E-state index is 12.8. The van der Waals surface area contributed by atoms with E-state index < -0.39 is 0 Å². The highest BCUT2D eigenvalue weighted by molar-refractivity contribution is 8.26. The van der Waals surface area contributed by atoms with Crippen molar-refractivity contribution >= 4 is 63.5 Å². The van der Waals surface area contributed by atoms with Gasteiger partial charge in [0.2, 0.25) is 0 Å². The lowest BCUT2D eigenvalue weighted by Crippen LogP contribution is -2.29. The average molecular weight is 438 g/mol. The lowest BCUT2D eigenvalue weighted by atomic mass is 10.1. The van der Waals surface area contributed by atoms with Gasteiger partial charge in [-0.05, 0) is 36.6 Å². The summed E-state index contributed by atoms with van der Waals surface area (Å²) >= 11 is 18.9. The fraction of sp³-hybridized carbons (Fsp3) is 0.200. The zero-order valence-electron chi connectivity index (χ0n) is 14.6. The maximum Gasteiger partial charge on any atom is 0.266 e. The van der Waals surface area contributed by atoms with E-state index in [0.717, 1.165) is 12.8 Å². The van der Waals surface area contributed by atoms with Crippen LogP contribution in [0, 0.1) is 0 Å². The first-order valence-corrected chi connectivity index (χ1v) is 10.3. The molecule has 0 atom stereocenters. The summed E-state index contributed by atoms with van der Waals surface area (Å²) in [5.74, 6) is 0.381. The Morgan fingerprint density at radius 2 is 1.96 bits per heavy atom. The third-order valence-corrected chi connectivity index (χ3v) is 5.97. The number of aryl methyl sites for hydroxylation is 1. The van der Waals surface area contributed by atoms with Gasteiger partial charge in [-0.15, -0.1) is 0 Å². The van der Waals surface area contributed by atoms with Gasteiger partial charge in [-0.1, -0.05) is 77.5 Å². The van der Waals surface area contributed by atoms with E-state index in [9.17, 15) is 4.79 Å². The predicted octanol–water partition coefficient (Wildman–Crippen LogP) is 5.84. The summed E-state index contributed by atoms with van der Waals surface area (Å²) in [6, 6.07) is 13.5. The van der Waals surface area contributed by atoms with E-state index in [-0.39, 0.29) is 5.91 Å². The summed E-state index contributed by atoms with van der Waals surface area (Å²) < 4.78 is 5.90. The topological polar surface area (TPSA) is 29.5 Å². The zero-order chi connectivity index (χ0) is 19.4. The smallest absolute Gasteiger partial charge is 0.266 e. The van der Waals surface area contributed by atoms with Gasteiger partial charge in [0.05, 0.1) is 17.0 Å². The van der Waals surface area contributed by atoms with Crippen molar-refractivity contribution in [3.63, 3.8) is 0 Å². The molecule has 1 aliphatic heterocycles. The number of benzene rings is 2. The van der Waals surface area contributed by atoms with E-state index in [1.54, 1.807) is 23.1 Å². The first kappa shape index (κ1) is 20.2. The quantitative estimate of drug-likeness (QED) is 0.419. The Morgan fingerprint density at radius 3 is 2.67 bits per heavy atom. The van der Waals surface area contributed by atoms with Gasteiger partial charge in [-0.25, -0.2) is 0 Å². The Bertz CT molecular complexity index is 900. The van der Waals surface area contributed by atoms with Crippen LogP contribution < -0.4 is 4.74 Å². The summed E-state index contributed by atoms with van der Waals surface area (Å²) in [7, 11) is 1.53. The second-order valence-corrected chi connectivity index (χ2v) is 8.45. The Labute approximate surface area is 178 Å². The standard InChI is InChI=1S/C20H17Cl2NO2S2/c1-25-18-14(10-15(21)12-16(18)22)11-17-19(24)23(20(26)27-17)9-5-8-13-6-3-2-4-7-13/h2-4,6-7,10-12H,5,8-9H2,1H3/b17-11-. The van der Waals surface area contributed by atoms with E-state index in [0.29, 0.717) is 37.1 Å². The van der Waals surface area contributed by atoms with Crippen LogP contribution in [0.3, 0.4) is 0 Å². The molecule has 140 valence electrons. The molecular formula is C20H17Cl2NO2S2. The molecule has 0 radical (unpaired) electrons.